The maximum Gasteiger partial charge on any atom is 0.573 e. The molecule has 15 heteroatoms. The van der Waals surface area contributed by atoms with E-state index in [1.807, 2.05) is 12.1 Å². The fourth-order valence-electron chi connectivity index (χ4n) is 4.24. The highest BCUT2D eigenvalue weighted by molar-refractivity contribution is 5.97. The van der Waals surface area contributed by atoms with Crippen molar-refractivity contribution >= 4 is 11.8 Å². The summed E-state index contributed by atoms with van der Waals surface area (Å²) in [4.78, 5) is 47.0. The van der Waals surface area contributed by atoms with E-state index in [1.54, 1.807) is 6.07 Å². The normalized spacial score (nSPS) is 14.4. The van der Waals surface area contributed by atoms with Crippen LogP contribution in [0.4, 0.5) is 17.6 Å². The van der Waals surface area contributed by atoms with Crippen molar-refractivity contribution in [2.45, 2.75) is 31.8 Å². The first-order chi connectivity index (χ1) is 19.1. The first-order valence-corrected chi connectivity index (χ1v) is 11.7. The number of nitrogens with zero attached hydrogens (tertiary/aromatic N) is 3. The molecule has 11 nitrogen and oxygen atoms in total. The highest BCUT2D eigenvalue weighted by Crippen LogP contribution is 2.33. The highest BCUT2D eigenvalue weighted by atomic mass is 19.4. The van der Waals surface area contributed by atoms with Crippen LogP contribution in [0.2, 0.25) is 0 Å². The number of H-pyrrole nitrogens is 1. The first-order valence-electron chi connectivity index (χ1n) is 11.7. The number of halogens is 4. The van der Waals surface area contributed by atoms with Gasteiger partial charge in [-0.3, -0.25) is 19.1 Å². The molecule has 2 aromatic heterocycles. The van der Waals surface area contributed by atoms with Gasteiger partial charge in [0.2, 0.25) is 0 Å². The standard InChI is InChI=1S/C25H18F4N6O5/c26-16-5-1-12(7-20(16)39-25(27,28)29)10-30-22(36)18-9-19(32-11-31-18)23(37)33-17-6-3-13-8-14(2-4-15(13)17)21-34-24(38)40-35-21/h1-2,4-5,7-9,11,17H,3,6,10H2,(H,30,36)(H,33,37)(H,34,35,38)/t17-/m0/s1. The van der Waals surface area contributed by atoms with Gasteiger partial charge in [0.05, 0.1) is 6.04 Å². The summed E-state index contributed by atoms with van der Waals surface area (Å²) in [5.74, 6) is -3.90. The van der Waals surface area contributed by atoms with Gasteiger partial charge in [0.1, 0.15) is 17.7 Å². The lowest BCUT2D eigenvalue weighted by Gasteiger charge is -2.14. The van der Waals surface area contributed by atoms with E-state index in [-0.39, 0.29) is 29.5 Å². The number of aryl methyl sites for hydroxylation is 1. The molecular formula is C25H18F4N6O5. The molecular weight excluding hydrogens is 540 g/mol. The number of aromatic amines is 1. The summed E-state index contributed by atoms with van der Waals surface area (Å²) in [7, 11) is 0. The summed E-state index contributed by atoms with van der Waals surface area (Å²) in [6, 6.07) is 9.04. The molecule has 0 radical (unpaired) electrons. The smallest absolute Gasteiger partial charge is 0.403 e. The average molecular weight is 558 g/mol. The van der Waals surface area contributed by atoms with Crippen LogP contribution in [0, 0.1) is 5.82 Å². The third-order valence-electron chi connectivity index (χ3n) is 6.05. The molecule has 1 aliphatic carbocycles. The van der Waals surface area contributed by atoms with Crippen LogP contribution < -0.4 is 21.1 Å². The minimum absolute atomic E-state index is 0.0759. The molecule has 3 N–H and O–H groups in total. The maximum atomic E-state index is 13.6. The van der Waals surface area contributed by atoms with Gasteiger partial charge in [-0.05, 0) is 47.7 Å². The number of carbonyl (C=O) groups excluding carboxylic acids is 2. The Balaban J connectivity index is 1.22. The van der Waals surface area contributed by atoms with Gasteiger partial charge in [-0.1, -0.05) is 23.4 Å². The van der Waals surface area contributed by atoms with Gasteiger partial charge in [-0.2, -0.15) is 0 Å². The van der Waals surface area contributed by atoms with E-state index in [0.29, 0.717) is 24.2 Å². The lowest BCUT2D eigenvalue weighted by molar-refractivity contribution is -0.275. The molecule has 2 heterocycles. The maximum absolute atomic E-state index is 13.6. The Morgan fingerprint density at radius 3 is 2.58 bits per heavy atom. The summed E-state index contributed by atoms with van der Waals surface area (Å²) in [6.07, 6.45) is -2.78. The van der Waals surface area contributed by atoms with E-state index in [1.165, 1.54) is 12.1 Å². The molecule has 0 unspecified atom stereocenters. The number of hydrogen-bond acceptors (Lipinski definition) is 8. The number of alkyl halides is 3. The SMILES string of the molecule is O=C(NCc1ccc(F)c(OC(F)(F)F)c1)c1cc(C(=O)N[C@H]2CCc3cc(-c4noc(=O)[nH]4)ccc32)ncn1. The number of amides is 2. The Labute approximate surface area is 221 Å². The fraction of sp³-hybridized carbons (Fsp3) is 0.200. The largest absolute Gasteiger partial charge is 0.573 e. The fourth-order valence-corrected chi connectivity index (χ4v) is 4.24. The minimum Gasteiger partial charge on any atom is -0.403 e. The predicted octanol–water partition coefficient (Wildman–Crippen LogP) is 3.20. The molecule has 5 rings (SSSR count). The molecule has 1 aliphatic rings. The quantitative estimate of drug-likeness (QED) is 0.293. The van der Waals surface area contributed by atoms with Gasteiger partial charge in [0, 0.05) is 18.2 Å². The van der Waals surface area contributed by atoms with Crippen LogP contribution in [0.15, 0.2) is 58.1 Å². The molecule has 206 valence electrons. The number of aromatic nitrogens is 4. The molecule has 2 amide bonds. The first kappa shape index (κ1) is 26.5. The van der Waals surface area contributed by atoms with E-state index in [9.17, 15) is 31.9 Å². The van der Waals surface area contributed by atoms with Gasteiger partial charge in [0.15, 0.2) is 17.4 Å². The van der Waals surface area contributed by atoms with Crippen molar-refractivity contribution in [2.24, 2.45) is 0 Å². The second-order valence-electron chi connectivity index (χ2n) is 8.71. The highest BCUT2D eigenvalue weighted by Gasteiger charge is 2.32. The lowest BCUT2D eigenvalue weighted by atomic mass is 10.0. The second kappa shape index (κ2) is 10.6. The van der Waals surface area contributed by atoms with Gasteiger partial charge in [-0.15, -0.1) is 13.2 Å². The zero-order valence-corrected chi connectivity index (χ0v) is 20.2. The van der Waals surface area contributed by atoms with Crippen LogP contribution >= 0.6 is 0 Å². The molecule has 4 aromatic rings. The number of hydrogen-bond donors (Lipinski definition) is 3. The van der Waals surface area contributed by atoms with Crippen molar-refractivity contribution < 1.29 is 36.4 Å². The Morgan fingerprint density at radius 1 is 1.07 bits per heavy atom. The zero-order valence-electron chi connectivity index (χ0n) is 20.2. The van der Waals surface area contributed by atoms with Crippen molar-refractivity contribution in [3.8, 4) is 17.1 Å². The molecule has 0 bridgehead atoms. The van der Waals surface area contributed by atoms with Crippen molar-refractivity contribution in [1.82, 2.24) is 30.7 Å². The molecule has 0 fully saturated rings. The van der Waals surface area contributed by atoms with Crippen molar-refractivity contribution in [3.63, 3.8) is 0 Å². The molecule has 2 aromatic carbocycles. The number of carbonyl (C=O) groups is 2. The third-order valence-corrected chi connectivity index (χ3v) is 6.05. The molecule has 0 aliphatic heterocycles. The van der Waals surface area contributed by atoms with Crippen LogP contribution in [-0.2, 0) is 13.0 Å². The molecule has 40 heavy (non-hydrogen) atoms. The Kier molecular flexibility index (Phi) is 7.02. The van der Waals surface area contributed by atoms with E-state index in [2.05, 4.69) is 40.0 Å². The van der Waals surface area contributed by atoms with Crippen LogP contribution in [0.1, 0.15) is 50.1 Å². The van der Waals surface area contributed by atoms with Crippen LogP contribution in [0.3, 0.4) is 0 Å². The number of nitrogens with one attached hydrogen (secondary N) is 3. The lowest BCUT2D eigenvalue weighted by Crippen LogP contribution is -2.29. The molecule has 0 saturated heterocycles. The molecule has 1 atom stereocenters. The summed E-state index contributed by atoms with van der Waals surface area (Å²) < 4.78 is 59.1. The Bertz CT molecular complexity index is 1650. The van der Waals surface area contributed by atoms with Gasteiger partial charge < -0.3 is 15.4 Å². The van der Waals surface area contributed by atoms with Crippen LogP contribution in [-0.4, -0.2) is 38.3 Å². The minimum atomic E-state index is -5.08. The summed E-state index contributed by atoms with van der Waals surface area (Å²) in [6.45, 7) is -0.262. The number of rotatable bonds is 7. The Morgan fingerprint density at radius 2 is 1.85 bits per heavy atom. The zero-order chi connectivity index (χ0) is 28.4. The summed E-state index contributed by atoms with van der Waals surface area (Å²) >= 11 is 0. The van der Waals surface area contributed by atoms with Crippen molar-refractivity contribution in [3.05, 3.63) is 93.2 Å². The van der Waals surface area contributed by atoms with Crippen molar-refractivity contribution in [2.75, 3.05) is 0 Å². The second-order valence-corrected chi connectivity index (χ2v) is 8.71. The van der Waals surface area contributed by atoms with Gasteiger partial charge in [-0.25, -0.2) is 19.2 Å². The summed E-state index contributed by atoms with van der Waals surface area (Å²) in [5.41, 5.74) is 2.40. The number of benzene rings is 2. The Hall–Kier alpha value is -5.08. The number of ether oxygens (including phenoxy) is 1. The van der Waals surface area contributed by atoms with Gasteiger partial charge >= 0.3 is 12.1 Å². The van der Waals surface area contributed by atoms with E-state index in [4.69, 9.17) is 0 Å². The van der Waals surface area contributed by atoms with Crippen molar-refractivity contribution in [1.29, 1.82) is 0 Å². The van der Waals surface area contributed by atoms with Crippen LogP contribution in [0.5, 0.6) is 5.75 Å². The number of fused-ring (bicyclic) bond motifs is 1. The van der Waals surface area contributed by atoms with Crippen LogP contribution in [0.25, 0.3) is 11.4 Å². The van der Waals surface area contributed by atoms with E-state index < -0.39 is 35.5 Å². The monoisotopic (exact) mass is 558 g/mol. The molecule has 0 saturated carbocycles. The summed E-state index contributed by atoms with van der Waals surface area (Å²) in [5, 5.41) is 8.99. The molecule has 0 spiro atoms. The third kappa shape index (κ3) is 5.98. The van der Waals surface area contributed by atoms with Gasteiger partial charge in [0.25, 0.3) is 11.8 Å². The topological polar surface area (TPSA) is 152 Å². The predicted molar refractivity (Wildman–Crippen MR) is 127 cm³/mol. The van der Waals surface area contributed by atoms with E-state index in [0.717, 1.165) is 29.6 Å². The van der Waals surface area contributed by atoms with E-state index >= 15 is 0 Å². The average Bonchev–Trinajstić information content (AvgIpc) is 3.54.